The number of fused-ring (bicyclic) bond motifs is 1. The Hall–Kier alpha value is -2.89. The number of pyridine rings is 1. The highest BCUT2D eigenvalue weighted by Crippen LogP contribution is 2.17. The molecule has 6 nitrogen and oxygen atoms in total. The van der Waals surface area contributed by atoms with E-state index in [0.717, 1.165) is 22.4 Å². The number of aryl methyl sites for hydroxylation is 2. The van der Waals surface area contributed by atoms with E-state index in [1.54, 1.807) is 18.3 Å². The van der Waals surface area contributed by atoms with Crippen LogP contribution >= 0.6 is 0 Å². The lowest BCUT2D eigenvalue weighted by Crippen LogP contribution is -2.23. The molecular formula is C17H18N4O2. The minimum atomic E-state index is -0.216. The fourth-order valence-corrected chi connectivity index (χ4v) is 2.48. The lowest BCUT2D eigenvalue weighted by atomic mass is 10.2. The molecule has 0 saturated carbocycles. The van der Waals surface area contributed by atoms with E-state index < -0.39 is 0 Å². The minimum absolute atomic E-state index is 0.216. The highest BCUT2D eigenvalue weighted by molar-refractivity contribution is 5.96. The van der Waals surface area contributed by atoms with E-state index in [1.807, 2.05) is 36.7 Å². The summed E-state index contributed by atoms with van der Waals surface area (Å²) in [5.74, 6) is 1.06. The van der Waals surface area contributed by atoms with Crippen LogP contribution in [-0.2, 0) is 13.6 Å². The van der Waals surface area contributed by atoms with Crippen molar-refractivity contribution in [1.82, 2.24) is 19.9 Å². The molecule has 3 aromatic rings. The molecule has 1 amide bonds. The molecule has 0 aliphatic heterocycles. The second kappa shape index (κ2) is 6.08. The van der Waals surface area contributed by atoms with Gasteiger partial charge in [-0.25, -0.2) is 9.97 Å². The lowest BCUT2D eigenvalue weighted by Gasteiger charge is -2.08. The number of carbonyl (C=O) groups excluding carboxylic acids is 1. The fraction of sp³-hybridized carbons (Fsp3) is 0.235. The first-order valence-corrected chi connectivity index (χ1v) is 7.29. The minimum Gasteiger partial charge on any atom is -0.480 e. The van der Waals surface area contributed by atoms with Crippen LogP contribution in [0.15, 0.2) is 36.5 Å². The number of ether oxygens (including phenoxy) is 1. The van der Waals surface area contributed by atoms with Gasteiger partial charge in [-0.15, -0.1) is 0 Å². The zero-order chi connectivity index (χ0) is 16.4. The van der Waals surface area contributed by atoms with Crippen molar-refractivity contribution in [3.8, 4) is 5.88 Å². The Bertz CT molecular complexity index is 870. The van der Waals surface area contributed by atoms with Crippen molar-refractivity contribution in [2.45, 2.75) is 13.5 Å². The van der Waals surface area contributed by atoms with E-state index in [9.17, 15) is 4.79 Å². The van der Waals surface area contributed by atoms with Gasteiger partial charge in [0.25, 0.3) is 5.91 Å². The van der Waals surface area contributed by atoms with Gasteiger partial charge < -0.3 is 14.6 Å². The molecule has 3 rings (SSSR count). The van der Waals surface area contributed by atoms with Crippen LogP contribution in [0.4, 0.5) is 0 Å². The quantitative estimate of drug-likeness (QED) is 0.802. The molecule has 0 unspecified atom stereocenters. The molecule has 0 aliphatic carbocycles. The monoisotopic (exact) mass is 310 g/mol. The summed E-state index contributed by atoms with van der Waals surface area (Å²) in [6.07, 6.45) is 1.59. The van der Waals surface area contributed by atoms with Gasteiger partial charge in [-0.3, -0.25) is 4.79 Å². The normalized spacial score (nSPS) is 10.7. The molecule has 1 aromatic carbocycles. The Morgan fingerprint density at radius 3 is 2.96 bits per heavy atom. The summed E-state index contributed by atoms with van der Waals surface area (Å²) < 4.78 is 7.15. The Morgan fingerprint density at radius 1 is 1.35 bits per heavy atom. The number of carbonyl (C=O) groups is 1. The predicted octanol–water partition coefficient (Wildman–Crippen LogP) is 2.22. The molecular weight excluding hydrogens is 292 g/mol. The van der Waals surface area contributed by atoms with Crippen molar-refractivity contribution in [3.05, 3.63) is 53.5 Å². The van der Waals surface area contributed by atoms with Crippen LogP contribution in [0.5, 0.6) is 5.88 Å². The Labute approximate surface area is 134 Å². The number of nitrogens with one attached hydrogen (secondary N) is 1. The largest absolute Gasteiger partial charge is 0.480 e. The Morgan fingerprint density at radius 2 is 2.17 bits per heavy atom. The molecule has 0 bridgehead atoms. The number of hydrogen-bond donors (Lipinski definition) is 1. The van der Waals surface area contributed by atoms with Crippen LogP contribution < -0.4 is 10.1 Å². The summed E-state index contributed by atoms with van der Waals surface area (Å²) in [4.78, 5) is 20.8. The first-order chi connectivity index (χ1) is 11.1. The van der Waals surface area contributed by atoms with Gasteiger partial charge in [0.1, 0.15) is 11.4 Å². The van der Waals surface area contributed by atoms with Crippen molar-refractivity contribution in [2.75, 3.05) is 7.11 Å². The maximum absolute atomic E-state index is 12.3. The number of rotatable bonds is 4. The molecule has 118 valence electrons. The maximum atomic E-state index is 12.3. The molecule has 2 heterocycles. The summed E-state index contributed by atoms with van der Waals surface area (Å²) in [5.41, 5.74) is 3.42. The van der Waals surface area contributed by atoms with E-state index in [-0.39, 0.29) is 5.91 Å². The van der Waals surface area contributed by atoms with Crippen LogP contribution in [0, 0.1) is 6.92 Å². The first kappa shape index (κ1) is 15.0. The van der Waals surface area contributed by atoms with Crippen molar-refractivity contribution in [2.24, 2.45) is 7.05 Å². The van der Waals surface area contributed by atoms with Gasteiger partial charge in [0.05, 0.1) is 18.1 Å². The molecule has 23 heavy (non-hydrogen) atoms. The summed E-state index contributed by atoms with van der Waals surface area (Å²) >= 11 is 0. The highest BCUT2D eigenvalue weighted by Gasteiger charge is 2.12. The van der Waals surface area contributed by atoms with Crippen molar-refractivity contribution < 1.29 is 9.53 Å². The van der Waals surface area contributed by atoms with Gasteiger partial charge in [0, 0.05) is 19.8 Å². The molecule has 0 atom stereocenters. The molecule has 0 aliphatic rings. The number of amides is 1. The number of benzene rings is 1. The highest BCUT2D eigenvalue weighted by atomic mass is 16.5. The number of methoxy groups -OCH3 is 1. The van der Waals surface area contributed by atoms with Crippen LogP contribution in [0.1, 0.15) is 21.7 Å². The van der Waals surface area contributed by atoms with Gasteiger partial charge in [0.2, 0.25) is 5.88 Å². The van der Waals surface area contributed by atoms with E-state index in [1.165, 1.54) is 7.11 Å². The Balaban J connectivity index is 1.76. The summed E-state index contributed by atoms with van der Waals surface area (Å²) in [6.45, 7) is 2.39. The topological polar surface area (TPSA) is 69.0 Å². The zero-order valence-corrected chi connectivity index (χ0v) is 13.3. The standard InChI is InChI=1S/C17H18N4O2/c1-11-20-14-9-12(6-7-15(14)21(11)2)10-19-16(22)13-5-4-8-18-17(13)23-3/h4-9H,10H2,1-3H3,(H,19,22). The zero-order valence-electron chi connectivity index (χ0n) is 13.3. The predicted molar refractivity (Wildman–Crippen MR) is 87.4 cm³/mol. The molecule has 1 N–H and O–H groups in total. The van der Waals surface area contributed by atoms with Crippen molar-refractivity contribution >= 4 is 16.9 Å². The number of aromatic nitrogens is 3. The molecule has 0 spiro atoms. The maximum Gasteiger partial charge on any atom is 0.257 e. The van der Waals surface area contributed by atoms with Crippen LogP contribution in [0.2, 0.25) is 0 Å². The number of nitrogens with zero attached hydrogens (tertiary/aromatic N) is 3. The number of imidazole rings is 1. The van der Waals surface area contributed by atoms with Crippen molar-refractivity contribution in [1.29, 1.82) is 0 Å². The second-order valence-corrected chi connectivity index (χ2v) is 5.28. The van der Waals surface area contributed by atoms with E-state index in [4.69, 9.17) is 4.74 Å². The summed E-state index contributed by atoms with van der Waals surface area (Å²) in [6, 6.07) is 9.39. The summed E-state index contributed by atoms with van der Waals surface area (Å²) in [7, 11) is 3.48. The van der Waals surface area contributed by atoms with Crippen LogP contribution in [0.3, 0.4) is 0 Å². The van der Waals surface area contributed by atoms with E-state index in [0.29, 0.717) is 18.0 Å². The smallest absolute Gasteiger partial charge is 0.257 e. The third kappa shape index (κ3) is 2.88. The van der Waals surface area contributed by atoms with Gasteiger partial charge in [-0.05, 0) is 36.8 Å². The van der Waals surface area contributed by atoms with E-state index >= 15 is 0 Å². The van der Waals surface area contributed by atoms with Gasteiger partial charge in [0.15, 0.2) is 0 Å². The average Bonchev–Trinajstić information content (AvgIpc) is 2.86. The fourth-order valence-electron chi connectivity index (χ4n) is 2.48. The first-order valence-electron chi connectivity index (χ1n) is 7.29. The SMILES string of the molecule is COc1ncccc1C(=O)NCc1ccc2c(c1)nc(C)n2C. The van der Waals surface area contributed by atoms with Gasteiger partial charge in [-0.2, -0.15) is 0 Å². The number of hydrogen-bond acceptors (Lipinski definition) is 4. The summed E-state index contributed by atoms with van der Waals surface area (Å²) in [5, 5.41) is 2.88. The van der Waals surface area contributed by atoms with Crippen molar-refractivity contribution in [3.63, 3.8) is 0 Å². The van der Waals surface area contributed by atoms with Gasteiger partial charge in [-0.1, -0.05) is 6.07 Å². The van der Waals surface area contributed by atoms with Crippen LogP contribution in [0.25, 0.3) is 11.0 Å². The van der Waals surface area contributed by atoms with Crippen LogP contribution in [-0.4, -0.2) is 27.6 Å². The molecule has 0 saturated heterocycles. The molecule has 2 aromatic heterocycles. The lowest BCUT2D eigenvalue weighted by molar-refractivity contribution is 0.0947. The third-order valence-electron chi connectivity index (χ3n) is 3.83. The Kier molecular flexibility index (Phi) is 3.97. The molecule has 0 radical (unpaired) electrons. The molecule has 6 heteroatoms. The second-order valence-electron chi connectivity index (χ2n) is 5.28. The molecule has 0 fully saturated rings. The average molecular weight is 310 g/mol. The van der Waals surface area contributed by atoms with E-state index in [2.05, 4.69) is 15.3 Å². The third-order valence-corrected chi connectivity index (χ3v) is 3.83. The van der Waals surface area contributed by atoms with Gasteiger partial charge >= 0.3 is 0 Å².